The molecule has 1 rings (SSSR count). The summed E-state index contributed by atoms with van der Waals surface area (Å²) in [7, 11) is 3.74. The van der Waals surface area contributed by atoms with E-state index >= 15 is 0 Å². The molecule has 6 heteroatoms. The molecule has 0 saturated carbocycles. The third kappa shape index (κ3) is 5.45. The Balaban J connectivity index is 2.31. The lowest BCUT2D eigenvalue weighted by Gasteiger charge is -2.28. The van der Waals surface area contributed by atoms with Crippen molar-refractivity contribution in [3.05, 3.63) is 0 Å². The lowest BCUT2D eigenvalue weighted by atomic mass is 10.1. The molecule has 0 spiro atoms. The van der Waals surface area contributed by atoms with Gasteiger partial charge in [0.15, 0.2) is 6.10 Å². The number of amides is 1. The Morgan fingerprint density at radius 1 is 1.53 bits per heavy atom. The molecule has 2 unspecified atom stereocenters. The molecular formula is C11H22N2O4. The zero-order valence-corrected chi connectivity index (χ0v) is 10.7. The van der Waals surface area contributed by atoms with Gasteiger partial charge in [0.25, 0.3) is 5.91 Å². The van der Waals surface area contributed by atoms with E-state index in [4.69, 9.17) is 9.47 Å². The van der Waals surface area contributed by atoms with Gasteiger partial charge in [-0.1, -0.05) is 0 Å². The molecule has 0 bridgehead atoms. The van der Waals surface area contributed by atoms with Gasteiger partial charge in [-0.25, -0.2) is 0 Å². The summed E-state index contributed by atoms with van der Waals surface area (Å²) < 4.78 is 10.4. The van der Waals surface area contributed by atoms with E-state index in [-0.39, 0.29) is 19.1 Å². The van der Waals surface area contributed by atoms with E-state index in [1.165, 1.54) is 0 Å². The highest BCUT2D eigenvalue weighted by molar-refractivity contribution is 5.81. The van der Waals surface area contributed by atoms with Crippen LogP contribution in [0.4, 0.5) is 0 Å². The largest absolute Gasteiger partial charge is 0.387 e. The van der Waals surface area contributed by atoms with Gasteiger partial charge in [0.05, 0.1) is 25.4 Å². The molecule has 100 valence electrons. The van der Waals surface area contributed by atoms with Crippen LogP contribution in [-0.2, 0) is 14.3 Å². The van der Waals surface area contributed by atoms with Crippen LogP contribution in [-0.4, -0.2) is 74.6 Å². The predicted octanol–water partition coefficient (Wildman–Crippen LogP) is -1.17. The molecule has 0 aromatic carbocycles. The second kappa shape index (κ2) is 6.30. The molecule has 1 aliphatic heterocycles. The number of ether oxygens (including phenoxy) is 2. The Hall–Kier alpha value is -0.690. The van der Waals surface area contributed by atoms with E-state index in [0.717, 1.165) is 0 Å². The second-order valence-corrected chi connectivity index (χ2v) is 4.89. The van der Waals surface area contributed by atoms with Gasteiger partial charge in [0.2, 0.25) is 0 Å². The van der Waals surface area contributed by atoms with Crippen molar-refractivity contribution in [1.82, 2.24) is 10.2 Å². The summed E-state index contributed by atoms with van der Waals surface area (Å²) in [5, 5.41) is 12.7. The molecule has 0 radical (unpaired) electrons. The van der Waals surface area contributed by atoms with Gasteiger partial charge >= 0.3 is 0 Å². The fourth-order valence-electron chi connectivity index (χ4n) is 1.77. The SMILES string of the molecule is CN(C)CC(C)(O)CNC(=O)C1COCCO1. The summed E-state index contributed by atoms with van der Waals surface area (Å²) in [6.45, 7) is 3.61. The van der Waals surface area contributed by atoms with Crippen molar-refractivity contribution in [3.63, 3.8) is 0 Å². The number of nitrogens with one attached hydrogen (secondary N) is 1. The Bertz CT molecular complexity index is 250. The topological polar surface area (TPSA) is 71.0 Å². The van der Waals surface area contributed by atoms with E-state index in [2.05, 4.69) is 5.32 Å². The van der Waals surface area contributed by atoms with Crippen LogP contribution in [0, 0.1) is 0 Å². The van der Waals surface area contributed by atoms with Gasteiger partial charge in [-0.3, -0.25) is 4.79 Å². The van der Waals surface area contributed by atoms with Crippen molar-refractivity contribution in [2.45, 2.75) is 18.6 Å². The van der Waals surface area contributed by atoms with Crippen molar-refractivity contribution in [1.29, 1.82) is 0 Å². The van der Waals surface area contributed by atoms with E-state index in [0.29, 0.717) is 19.8 Å². The molecule has 1 saturated heterocycles. The number of nitrogens with zero attached hydrogens (tertiary/aromatic N) is 1. The molecule has 2 N–H and O–H groups in total. The minimum Gasteiger partial charge on any atom is -0.387 e. The quantitative estimate of drug-likeness (QED) is 0.640. The highest BCUT2D eigenvalue weighted by Gasteiger charge is 2.26. The molecule has 1 amide bonds. The summed E-state index contributed by atoms with van der Waals surface area (Å²) in [4.78, 5) is 13.6. The first kappa shape index (κ1) is 14.4. The van der Waals surface area contributed by atoms with Gasteiger partial charge in [0, 0.05) is 13.1 Å². The molecule has 0 aliphatic carbocycles. The maximum absolute atomic E-state index is 11.7. The highest BCUT2D eigenvalue weighted by Crippen LogP contribution is 2.04. The fourth-order valence-corrected chi connectivity index (χ4v) is 1.77. The minimum atomic E-state index is -0.950. The average molecular weight is 246 g/mol. The van der Waals surface area contributed by atoms with Crippen LogP contribution >= 0.6 is 0 Å². The maximum atomic E-state index is 11.7. The van der Waals surface area contributed by atoms with Gasteiger partial charge in [-0.15, -0.1) is 0 Å². The Kier molecular flexibility index (Phi) is 5.32. The number of carbonyl (C=O) groups is 1. The fraction of sp³-hybridized carbons (Fsp3) is 0.909. The molecule has 1 aliphatic rings. The molecule has 1 fully saturated rings. The number of carbonyl (C=O) groups excluding carboxylic acids is 1. The lowest BCUT2D eigenvalue weighted by Crippen LogP contribution is -2.51. The van der Waals surface area contributed by atoms with Crippen LogP contribution in [0.15, 0.2) is 0 Å². The minimum absolute atomic E-state index is 0.198. The van der Waals surface area contributed by atoms with Crippen LogP contribution in [0.3, 0.4) is 0 Å². The van der Waals surface area contributed by atoms with Crippen LogP contribution in [0.25, 0.3) is 0 Å². The van der Waals surface area contributed by atoms with Crippen molar-refractivity contribution >= 4 is 5.91 Å². The predicted molar refractivity (Wildman–Crippen MR) is 62.7 cm³/mol. The van der Waals surface area contributed by atoms with Crippen LogP contribution in [0.5, 0.6) is 0 Å². The number of hydrogen-bond acceptors (Lipinski definition) is 5. The highest BCUT2D eigenvalue weighted by atomic mass is 16.6. The zero-order chi connectivity index (χ0) is 12.9. The third-order valence-electron chi connectivity index (χ3n) is 2.41. The van der Waals surface area contributed by atoms with Crippen LogP contribution in [0.1, 0.15) is 6.92 Å². The molecule has 17 heavy (non-hydrogen) atoms. The van der Waals surface area contributed by atoms with E-state index in [9.17, 15) is 9.90 Å². The summed E-state index contributed by atoms with van der Waals surface area (Å²) in [6.07, 6.45) is -0.557. The number of rotatable bonds is 5. The molecule has 0 aromatic rings. The molecule has 0 aromatic heterocycles. The first-order valence-corrected chi connectivity index (χ1v) is 5.75. The third-order valence-corrected chi connectivity index (χ3v) is 2.41. The maximum Gasteiger partial charge on any atom is 0.251 e. The second-order valence-electron chi connectivity index (χ2n) is 4.89. The lowest BCUT2D eigenvalue weighted by molar-refractivity contribution is -0.148. The number of hydrogen-bond donors (Lipinski definition) is 2. The number of likely N-dealkylation sites (N-methyl/N-ethyl adjacent to an activating group) is 1. The van der Waals surface area contributed by atoms with Gasteiger partial charge in [-0.2, -0.15) is 0 Å². The summed E-state index contributed by atoms with van der Waals surface area (Å²) in [5.41, 5.74) is -0.950. The smallest absolute Gasteiger partial charge is 0.251 e. The molecule has 2 atom stereocenters. The molecule has 6 nitrogen and oxygen atoms in total. The van der Waals surface area contributed by atoms with Crippen molar-refractivity contribution in [2.24, 2.45) is 0 Å². The van der Waals surface area contributed by atoms with E-state index < -0.39 is 11.7 Å². The van der Waals surface area contributed by atoms with Crippen LogP contribution < -0.4 is 5.32 Å². The van der Waals surface area contributed by atoms with Gasteiger partial charge in [0.1, 0.15) is 0 Å². The van der Waals surface area contributed by atoms with Crippen molar-refractivity contribution < 1.29 is 19.4 Å². The monoisotopic (exact) mass is 246 g/mol. The Morgan fingerprint density at radius 3 is 2.76 bits per heavy atom. The molecular weight excluding hydrogens is 224 g/mol. The number of aliphatic hydroxyl groups is 1. The first-order chi connectivity index (χ1) is 7.91. The first-order valence-electron chi connectivity index (χ1n) is 5.75. The van der Waals surface area contributed by atoms with E-state index in [1.54, 1.807) is 6.92 Å². The Labute approximate surface area is 102 Å². The van der Waals surface area contributed by atoms with Crippen molar-refractivity contribution in [2.75, 3.05) is 47.0 Å². The van der Waals surface area contributed by atoms with Gasteiger partial charge < -0.3 is 24.8 Å². The van der Waals surface area contributed by atoms with Gasteiger partial charge in [-0.05, 0) is 21.0 Å². The zero-order valence-electron chi connectivity index (χ0n) is 10.7. The normalized spacial score (nSPS) is 24.4. The Morgan fingerprint density at radius 2 is 2.24 bits per heavy atom. The van der Waals surface area contributed by atoms with Crippen LogP contribution in [0.2, 0.25) is 0 Å². The summed E-state index contributed by atoms with van der Waals surface area (Å²) in [5.74, 6) is -0.233. The average Bonchev–Trinajstić information content (AvgIpc) is 2.25. The standard InChI is InChI=1S/C11H22N2O4/c1-11(15,8-13(2)3)7-12-10(14)9-6-16-4-5-17-9/h9,15H,4-8H2,1-3H3,(H,12,14). The van der Waals surface area contributed by atoms with E-state index in [1.807, 2.05) is 19.0 Å². The molecule has 1 heterocycles. The summed E-state index contributed by atoms with van der Waals surface area (Å²) in [6, 6.07) is 0. The summed E-state index contributed by atoms with van der Waals surface area (Å²) >= 11 is 0. The van der Waals surface area contributed by atoms with Crippen molar-refractivity contribution in [3.8, 4) is 0 Å².